The number of halogens is 1. The van der Waals surface area contributed by atoms with Crippen LogP contribution >= 0.6 is 0 Å². The lowest BCUT2D eigenvalue weighted by molar-refractivity contribution is 0.132. The van der Waals surface area contributed by atoms with Crippen molar-refractivity contribution in [2.24, 2.45) is 5.73 Å². The number of aliphatic hydroxyl groups excluding tert-OH is 1. The van der Waals surface area contributed by atoms with Crippen molar-refractivity contribution in [1.29, 1.82) is 0 Å². The van der Waals surface area contributed by atoms with Crippen molar-refractivity contribution < 1.29 is 9.50 Å². The molecule has 1 aromatic heterocycles. The number of nitrogens with zero attached hydrogens (tertiary/aromatic N) is 1. The van der Waals surface area contributed by atoms with Gasteiger partial charge in [-0.05, 0) is 31.2 Å². The van der Waals surface area contributed by atoms with E-state index in [1.54, 1.807) is 12.1 Å². The molecule has 1 heterocycles. The highest BCUT2D eigenvalue weighted by atomic mass is 19.1. The second-order valence-electron chi connectivity index (χ2n) is 5.37. The fourth-order valence-corrected chi connectivity index (χ4v) is 2.18. The molecule has 4 nitrogen and oxygen atoms in total. The highest BCUT2D eigenvalue weighted by Crippen LogP contribution is 2.23. The Morgan fingerprint density at radius 1 is 1.18 bits per heavy atom. The van der Waals surface area contributed by atoms with Gasteiger partial charge in [-0.25, -0.2) is 4.39 Å². The number of hydrogen-bond donors (Lipinski definition) is 3. The van der Waals surface area contributed by atoms with E-state index in [0.29, 0.717) is 5.56 Å². The first-order valence-electron chi connectivity index (χ1n) is 7.30. The van der Waals surface area contributed by atoms with Crippen molar-refractivity contribution in [3.8, 4) is 11.1 Å². The number of alkyl halides is 1. The molecule has 1 aromatic carbocycles. The average Bonchev–Trinajstić information content (AvgIpc) is 2.60. The molecule has 4 N–H and O–H groups in total. The van der Waals surface area contributed by atoms with Crippen molar-refractivity contribution in [2.75, 3.05) is 13.7 Å². The predicted molar refractivity (Wildman–Crippen MR) is 86.1 cm³/mol. The Balaban J connectivity index is 2.16. The quantitative estimate of drug-likeness (QED) is 0.766. The first-order valence-corrected chi connectivity index (χ1v) is 7.30. The second-order valence-corrected chi connectivity index (χ2v) is 5.37. The first-order chi connectivity index (χ1) is 10.6. The van der Waals surface area contributed by atoms with Crippen molar-refractivity contribution in [1.82, 2.24) is 10.3 Å². The third-order valence-electron chi connectivity index (χ3n) is 3.83. The Labute approximate surface area is 130 Å². The third kappa shape index (κ3) is 3.68. The van der Waals surface area contributed by atoms with Gasteiger partial charge in [0.1, 0.15) is 6.67 Å². The Bertz CT molecular complexity index is 586. The lowest BCUT2D eigenvalue weighted by Crippen LogP contribution is -2.30. The highest BCUT2D eigenvalue weighted by molar-refractivity contribution is 5.62. The fourth-order valence-electron chi connectivity index (χ4n) is 2.18. The van der Waals surface area contributed by atoms with Crippen LogP contribution in [0.2, 0.25) is 0 Å². The molecule has 0 aliphatic carbocycles. The van der Waals surface area contributed by atoms with Crippen LogP contribution in [0.4, 0.5) is 4.39 Å². The molecule has 5 heteroatoms. The largest absolute Gasteiger partial charge is 0.387 e. The van der Waals surface area contributed by atoms with Gasteiger partial charge in [0, 0.05) is 17.8 Å². The number of nitrogens with two attached hydrogens (primary N) is 1. The Morgan fingerprint density at radius 3 is 2.32 bits per heavy atom. The molecule has 0 bridgehead atoms. The lowest BCUT2D eigenvalue weighted by Gasteiger charge is -2.16. The van der Waals surface area contributed by atoms with E-state index in [0.717, 1.165) is 16.8 Å². The molecular weight excluding hydrogens is 281 g/mol. The summed E-state index contributed by atoms with van der Waals surface area (Å²) in [6, 6.07) is 10.6. The van der Waals surface area contributed by atoms with Gasteiger partial charge in [0.05, 0.1) is 17.8 Å². The number of aliphatic hydroxyl groups is 1. The average molecular weight is 303 g/mol. The van der Waals surface area contributed by atoms with Gasteiger partial charge >= 0.3 is 0 Å². The molecule has 2 rings (SSSR count). The van der Waals surface area contributed by atoms with Crippen LogP contribution in [0.1, 0.15) is 30.3 Å². The Hall–Kier alpha value is -1.82. The molecule has 0 fully saturated rings. The van der Waals surface area contributed by atoms with Crippen LogP contribution < -0.4 is 11.1 Å². The minimum Gasteiger partial charge on any atom is -0.387 e. The van der Waals surface area contributed by atoms with Gasteiger partial charge in [-0.15, -0.1) is 0 Å². The molecule has 0 saturated heterocycles. The molecule has 1 unspecified atom stereocenters. The number of benzene rings is 1. The van der Waals surface area contributed by atoms with Crippen molar-refractivity contribution in [2.45, 2.75) is 25.1 Å². The maximum absolute atomic E-state index is 12.5. The summed E-state index contributed by atoms with van der Waals surface area (Å²) in [6.07, 6.45) is 0.832. The Kier molecular flexibility index (Phi) is 5.60. The van der Waals surface area contributed by atoms with Gasteiger partial charge in [-0.2, -0.15) is 0 Å². The van der Waals surface area contributed by atoms with Gasteiger partial charge in [0.25, 0.3) is 0 Å². The van der Waals surface area contributed by atoms with Gasteiger partial charge < -0.3 is 16.2 Å². The molecular formula is C17H22FN3O. The molecule has 0 amide bonds. The zero-order valence-corrected chi connectivity index (χ0v) is 12.8. The molecule has 2 aromatic rings. The summed E-state index contributed by atoms with van der Waals surface area (Å²) in [6.45, 7) is 1.30. The fraction of sp³-hybridized carbons (Fsp3) is 0.353. The van der Waals surface area contributed by atoms with E-state index >= 15 is 0 Å². The van der Waals surface area contributed by atoms with Crippen LogP contribution in [0.3, 0.4) is 0 Å². The minimum atomic E-state index is -0.990. The summed E-state index contributed by atoms with van der Waals surface area (Å²) < 4.78 is 12.5. The summed E-state index contributed by atoms with van der Waals surface area (Å²) in [5.74, 6) is 0. The summed E-state index contributed by atoms with van der Waals surface area (Å²) in [5, 5.41) is 13.0. The molecule has 0 radical (unpaired) electrons. The van der Waals surface area contributed by atoms with E-state index in [1.807, 2.05) is 44.4 Å². The monoisotopic (exact) mass is 303 g/mol. The number of pyridine rings is 1. The maximum atomic E-state index is 12.5. The topological polar surface area (TPSA) is 71.2 Å². The molecule has 3 atom stereocenters. The van der Waals surface area contributed by atoms with Crippen molar-refractivity contribution >= 4 is 0 Å². The zero-order chi connectivity index (χ0) is 16.1. The van der Waals surface area contributed by atoms with E-state index in [1.165, 1.54) is 0 Å². The first kappa shape index (κ1) is 16.5. The number of aromatic nitrogens is 1. The van der Waals surface area contributed by atoms with Crippen LogP contribution in [0.5, 0.6) is 0 Å². The normalized spacial score (nSPS) is 15.3. The number of hydrogen-bond acceptors (Lipinski definition) is 4. The highest BCUT2D eigenvalue weighted by Gasteiger charge is 2.16. The standard InChI is InChI=1S/C17H22FN3O/c1-11(20-2)16-8-7-14(10-21-16)12-3-5-13(6-4-12)17(22)15(19)9-18/h3-8,10-11,15,17,20,22H,9,19H2,1-2H3/t11?,15-,17-/m1/s1. The number of rotatable bonds is 6. The summed E-state index contributed by atoms with van der Waals surface area (Å²) in [4.78, 5) is 4.44. The smallest absolute Gasteiger partial charge is 0.107 e. The predicted octanol–water partition coefficient (Wildman–Crippen LogP) is 2.36. The zero-order valence-electron chi connectivity index (χ0n) is 12.8. The van der Waals surface area contributed by atoms with Crippen LogP contribution in [0.25, 0.3) is 11.1 Å². The van der Waals surface area contributed by atoms with Crippen LogP contribution in [0, 0.1) is 0 Å². The van der Waals surface area contributed by atoms with E-state index in [9.17, 15) is 9.50 Å². The molecule has 0 aliphatic rings. The van der Waals surface area contributed by atoms with Crippen LogP contribution in [0.15, 0.2) is 42.6 Å². The molecule has 0 spiro atoms. The van der Waals surface area contributed by atoms with E-state index in [-0.39, 0.29) is 6.04 Å². The second kappa shape index (κ2) is 7.45. The summed E-state index contributed by atoms with van der Waals surface area (Å²) in [7, 11) is 1.90. The summed E-state index contributed by atoms with van der Waals surface area (Å²) >= 11 is 0. The van der Waals surface area contributed by atoms with Gasteiger partial charge in [0.15, 0.2) is 0 Å². The minimum absolute atomic E-state index is 0.203. The van der Waals surface area contributed by atoms with E-state index in [2.05, 4.69) is 10.3 Å². The van der Waals surface area contributed by atoms with E-state index < -0.39 is 18.8 Å². The van der Waals surface area contributed by atoms with Gasteiger partial charge in [-0.1, -0.05) is 30.3 Å². The Morgan fingerprint density at radius 2 is 1.82 bits per heavy atom. The van der Waals surface area contributed by atoms with Crippen molar-refractivity contribution in [3.05, 3.63) is 53.9 Å². The van der Waals surface area contributed by atoms with E-state index in [4.69, 9.17) is 5.73 Å². The van der Waals surface area contributed by atoms with Crippen LogP contribution in [-0.2, 0) is 0 Å². The maximum Gasteiger partial charge on any atom is 0.107 e. The molecule has 0 saturated carbocycles. The molecule has 22 heavy (non-hydrogen) atoms. The van der Waals surface area contributed by atoms with Crippen molar-refractivity contribution in [3.63, 3.8) is 0 Å². The molecule has 118 valence electrons. The van der Waals surface area contributed by atoms with Gasteiger partial charge in [-0.3, -0.25) is 4.98 Å². The molecule has 0 aliphatic heterocycles. The lowest BCUT2D eigenvalue weighted by atomic mass is 9.99. The van der Waals surface area contributed by atoms with Crippen LogP contribution in [-0.4, -0.2) is 29.9 Å². The summed E-state index contributed by atoms with van der Waals surface area (Å²) in [5.41, 5.74) is 9.08. The number of nitrogens with one attached hydrogen (secondary N) is 1. The third-order valence-corrected chi connectivity index (χ3v) is 3.83. The van der Waals surface area contributed by atoms with Gasteiger partial charge in [0.2, 0.25) is 0 Å². The SMILES string of the molecule is CNC(C)c1ccc(-c2ccc([C@@H](O)[C@H](N)CF)cc2)cn1.